The molecule has 1 N–H and O–H groups in total. The molecule has 0 unspecified atom stereocenters. The fraction of sp³-hybridized carbons (Fsp3) is 1.00. The standard InChI is InChI=1S/C9H18N2/c1-10-8-5-6-11(7-8)9-3-2-4-9/h8-10H,2-7H2,1H3/t8-/m1/s1. The Balaban J connectivity index is 1.79. The van der Waals surface area contributed by atoms with Crippen molar-refractivity contribution in [3.63, 3.8) is 0 Å². The Morgan fingerprint density at radius 3 is 2.55 bits per heavy atom. The molecule has 0 bridgehead atoms. The van der Waals surface area contributed by atoms with E-state index in [4.69, 9.17) is 0 Å². The molecule has 1 aliphatic carbocycles. The number of nitrogens with one attached hydrogen (secondary N) is 1. The molecular formula is C9H18N2. The molecule has 1 saturated carbocycles. The lowest BCUT2D eigenvalue weighted by Gasteiger charge is -2.34. The van der Waals surface area contributed by atoms with Crippen molar-refractivity contribution in [2.75, 3.05) is 20.1 Å². The van der Waals surface area contributed by atoms with Crippen LogP contribution in [0, 0.1) is 0 Å². The van der Waals surface area contributed by atoms with E-state index >= 15 is 0 Å². The van der Waals surface area contributed by atoms with Gasteiger partial charge in [0.05, 0.1) is 0 Å². The fourth-order valence-electron chi connectivity index (χ4n) is 2.11. The van der Waals surface area contributed by atoms with Gasteiger partial charge in [-0.05, 0) is 26.3 Å². The number of likely N-dealkylation sites (N-methyl/N-ethyl adjacent to an activating group) is 1. The minimum absolute atomic E-state index is 0.774. The van der Waals surface area contributed by atoms with E-state index in [1.54, 1.807) is 0 Å². The number of hydrogen-bond acceptors (Lipinski definition) is 2. The van der Waals surface area contributed by atoms with Gasteiger partial charge in [-0.25, -0.2) is 0 Å². The highest BCUT2D eigenvalue weighted by atomic mass is 15.2. The average molecular weight is 154 g/mol. The highest BCUT2D eigenvalue weighted by Gasteiger charge is 2.30. The molecule has 0 aromatic heterocycles. The van der Waals surface area contributed by atoms with E-state index in [0.717, 1.165) is 12.1 Å². The maximum Gasteiger partial charge on any atom is 0.0204 e. The minimum Gasteiger partial charge on any atom is -0.316 e. The summed E-state index contributed by atoms with van der Waals surface area (Å²) in [5.74, 6) is 0. The van der Waals surface area contributed by atoms with E-state index in [2.05, 4.69) is 17.3 Å². The zero-order valence-corrected chi connectivity index (χ0v) is 7.34. The summed E-state index contributed by atoms with van der Waals surface area (Å²) in [6.45, 7) is 2.62. The molecule has 11 heavy (non-hydrogen) atoms. The Labute approximate surface area is 69.0 Å². The van der Waals surface area contributed by atoms with Crippen molar-refractivity contribution in [1.29, 1.82) is 0 Å². The number of rotatable bonds is 2. The smallest absolute Gasteiger partial charge is 0.0204 e. The van der Waals surface area contributed by atoms with E-state index in [9.17, 15) is 0 Å². The molecule has 2 rings (SSSR count). The largest absolute Gasteiger partial charge is 0.316 e. The summed E-state index contributed by atoms with van der Waals surface area (Å²) in [7, 11) is 2.08. The van der Waals surface area contributed by atoms with Crippen molar-refractivity contribution in [3.8, 4) is 0 Å². The predicted octanol–water partition coefficient (Wildman–Crippen LogP) is 0.833. The van der Waals surface area contributed by atoms with Crippen LogP contribution in [-0.4, -0.2) is 37.1 Å². The third-order valence-corrected chi connectivity index (χ3v) is 3.22. The van der Waals surface area contributed by atoms with Crippen molar-refractivity contribution in [3.05, 3.63) is 0 Å². The molecule has 0 aromatic rings. The van der Waals surface area contributed by atoms with Crippen LogP contribution in [0.25, 0.3) is 0 Å². The average Bonchev–Trinajstić information content (AvgIpc) is 2.32. The van der Waals surface area contributed by atoms with Crippen LogP contribution < -0.4 is 5.32 Å². The van der Waals surface area contributed by atoms with Crippen molar-refractivity contribution < 1.29 is 0 Å². The Bertz CT molecular complexity index is 132. The first-order chi connectivity index (χ1) is 5.40. The lowest BCUT2D eigenvalue weighted by atomic mass is 9.92. The highest BCUT2D eigenvalue weighted by Crippen LogP contribution is 2.27. The molecule has 64 valence electrons. The van der Waals surface area contributed by atoms with Crippen molar-refractivity contribution in [1.82, 2.24) is 10.2 Å². The van der Waals surface area contributed by atoms with E-state index < -0.39 is 0 Å². The van der Waals surface area contributed by atoms with E-state index in [0.29, 0.717) is 0 Å². The van der Waals surface area contributed by atoms with Gasteiger partial charge in [-0.15, -0.1) is 0 Å². The van der Waals surface area contributed by atoms with Crippen LogP contribution in [0.5, 0.6) is 0 Å². The quantitative estimate of drug-likeness (QED) is 0.634. The first-order valence-electron chi connectivity index (χ1n) is 4.81. The topological polar surface area (TPSA) is 15.3 Å². The summed E-state index contributed by atoms with van der Waals surface area (Å²) in [5.41, 5.74) is 0. The zero-order chi connectivity index (χ0) is 7.68. The second-order valence-corrected chi connectivity index (χ2v) is 3.85. The second kappa shape index (κ2) is 3.11. The zero-order valence-electron chi connectivity index (χ0n) is 7.34. The first kappa shape index (κ1) is 7.56. The number of hydrogen-bond donors (Lipinski definition) is 1. The van der Waals surface area contributed by atoms with Gasteiger partial charge in [-0.1, -0.05) is 6.42 Å². The molecule has 0 radical (unpaired) electrons. The molecule has 2 heteroatoms. The van der Waals surface area contributed by atoms with Gasteiger partial charge in [-0.3, -0.25) is 4.90 Å². The number of nitrogens with zero attached hydrogens (tertiary/aromatic N) is 1. The van der Waals surface area contributed by atoms with E-state index in [1.165, 1.54) is 38.8 Å². The van der Waals surface area contributed by atoms with Gasteiger partial charge in [0.15, 0.2) is 0 Å². The summed E-state index contributed by atoms with van der Waals surface area (Å²) in [6, 6.07) is 1.73. The molecule has 2 fully saturated rings. The third-order valence-electron chi connectivity index (χ3n) is 3.22. The van der Waals surface area contributed by atoms with Gasteiger partial charge >= 0.3 is 0 Å². The molecule has 1 aliphatic heterocycles. The third kappa shape index (κ3) is 1.42. The van der Waals surface area contributed by atoms with Gasteiger partial charge in [0.25, 0.3) is 0 Å². The summed E-state index contributed by atoms with van der Waals surface area (Å²) in [5, 5.41) is 3.36. The summed E-state index contributed by atoms with van der Waals surface area (Å²) in [4.78, 5) is 2.66. The predicted molar refractivity (Wildman–Crippen MR) is 46.7 cm³/mol. The van der Waals surface area contributed by atoms with Gasteiger partial charge in [0.2, 0.25) is 0 Å². The monoisotopic (exact) mass is 154 g/mol. The molecule has 0 aromatic carbocycles. The van der Waals surface area contributed by atoms with Crippen LogP contribution in [0.15, 0.2) is 0 Å². The van der Waals surface area contributed by atoms with Crippen LogP contribution >= 0.6 is 0 Å². The van der Waals surface area contributed by atoms with Crippen molar-refractivity contribution in [2.45, 2.75) is 37.8 Å². The fourth-order valence-corrected chi connectivity index (χ4v) is 2.11. The SMILES string of the molecule is CN[C@@H]1CCN(C2CCC2)C1. The lowest BCUT2D eigenvalue weighted by molar-refractivity contribution is 0.156. The Kier molecular flexibility index (Phi) is 2.14. The molecule has 1 saturated heterocycles. The normalized spacial score (nSPS) is 34.1. The molecule has 0 spiro atoms. The molecule has 2 nitrogen and oxygen atoms in total. The maximum atomic E-state index is 3.36. The number of likely N-dealkylation sites (tertiary alicyclic amines) is 1. The van der Waals surface area contributed by atoms with Gasteiger partial charge in [0, 0.05) is 25.2 Å². The van der Waals surface area contributed by atoms with Crippen LogP contribution in [0.3, 0.4) is 0 Å². The summed E-state index contributed by atoms with van der Waals surface area (Å²) in [6.07, 6.45) is 5.73. The Morgan fingerprint density at radius 1 is 1.27 bits per heavy atom. The van der Waals surface area contributed by atoms with Gasteiger partial charge in [-0.2, -0.15) is 0 Å². The molecule has 2 aliphatic rings. The summed E-state index contributed by atoms with van der Waals surface area (Å²) >= 11 is 0. The van der Waals surface area contributed by atoms with Gasteiger partial charge in [0.1, 0.15) is 0 Å². The Morgan fingerprint density at radius 2 is 2.09 bits per heavy atom. The molecule has 0 amide bonds. The van der Waals surface area contributed by atoms with E-state index in [-0.39, 0.29) is 0 Å². The lowest BCUT2D eigenvalue weighted by Crippen LogP contribution is -2.40. The van der Waals surface area contributed by atoms with E-state index in [1.807, 2.05) is 0 Å². The minimum atomic E-state index is 0.774. The van der Waals surface area contributed by atoms with Crippen LogP contribution in [0.4, 0.5) is 0 Å². The van der Waals surface area contributed by atoms with Crippen molar-refractivity contribution in [2.24, 2.45) is 0 Å². The highest BCUT2D eigenvalue weighted by molar-refractivity contribution is 4.88. The van der Waals surface area contributed by atoms with Crippen molar-refractivity contribution >= 4 is 0 Å². The maximum absolute atomic E-state index is 3.36. The van der Waals surface area contributed by atoms with Gasteiger partial charge < -0.3 is 5.32 Å². The van der Waals surface area contributed by atoms with Crippen LogP contribution in [-0.2, 0) is 0 Å². The first-order valence-corrected chi connectivity index (χ1v) is 4.81. The van der Waals surface area contributed by atoms with Crippen LogP contribution in [0.2, 0.25) is 0 Å². The Hall–Kier alpha value is -0.0800. The van der Waals surface area contributed by atoms with Crippen LogP contribution in [0.1, 0.15) is 25.7 Å². The molecular weight excluding hydrogens is 136 g/mol. The molecule has 1 atom stereocenters. The summed E-state index contributed by atoms with van der Waals surface area (Å²) < 4.78 is 0. The second-order valence-electron chi connectivity index (χ2n) is 3.85. The molecule has 1 heterocycles.